The number of aromatic nitrogens is 4. The molecular weight excluding hydrogens is 504 g/mol. The molecule has 3 N–H and O–H groups in total. The second-order valence-corrected chi connectivity index (χ2v) is 10.1. The number of H-pyrrole nitrogens is 1. The van der Waals surface area contributed by atoms with Crippen molar-refractivity contribution in [2.75, 3.05) is 13.1 Å². The molecule has 5 aromatic rings. The van der Waals surface area contributed by atoms with E-state index >= 15 is 0 Å². The Labute approximate surface area is 222 Å². The normalized spacial score (nSPS) is 14.4. The van der Waals surface area contributed by atoms with Gasteiger partial charge in [-0.1, -0.05) is 54.2 Å². The van der Waals surface area contributed by atoms with Gasteiger partial charge >= 0.3 is 0 Å². The molecule has 0 spiro atoms. The summed E-state index contributed by atoms with van der Waals surface area (Å²) in [6.07, 6.45) is 0. The smallest absolute Gasteiger partial charge is 0.253 e. The SMILES string of the molecule is O=C1NCCn2c(=S)[nH]c3cccc1c32.O=C1NCCn2c(SCc3ccccc3)nc3cccc1c32. The van der Waals surface area contributed by atoms with Gasteiger partial charge in [0.1, 0.15) is 0 Å². The molecule has 37 heavy (non-hydrogen) atoms. The number of carbonyl (C=O) groups is 2. The highest BCUT2D eigenvalue weighted by atomic mass is 32.2. The summed E-state index contributed by atoms with van der Waals surface area (Å²) in [6, 6.07) is 21.7. The lowest BCUT2D eigenvalue weighted by Gasteiger charge is -2.06. The number of nitrogens with zero attached hydrogens (tertiary/aromatic N) is 3. The number of hydrogen-bond acceptors (Lipinski definition) is 5. The van der Waals surface area contributed by atoms with Crippen LogP contribution in [0.15, 0.2) is 71.9 Å². The van der Waals surface area contributed by atoms with Gasteiger partial charge in [-0.25, -0.2) is 4.98 Å². The first-order valence-corrected chi connectivity index (χ1v) is 13.4. The highest BCUT2D eigenvalue weighted by molar-refractivity contribution is 7.98. The van der Waals surface area contributed by atoms with Gasteiger partial charge in [-0.2, -0.15) is 0 Å². The van der Waals surface area contributed by atoms with E-state index < -0.39 is 0 Å². The van der Waals surface area contributed by atoms with Crippen LogP contribution >= 0.6 is 24.0 Å². The number of carbonyl (C=O) groups excluding carboxylic acids is 2. The van der Waals surface area contributed by atoms with Crippen LogP contribution in [0.5, 0.6) is 0 Å². The number of para-hydroxylation sites is 2. The molecule has 0 atom stereocenters. The average molecular weight is 529 g/mol. The molecule has 2 aromatic heterocycles. The van der Waals surface area contributed by atoms with E-state index in [1.807, 2.05) is 59.2 Å². The van der Waals surface area contributed by atoms with E-state index in [0.29, 0.717) is 29.0 Å². The van der Waals surface area contributed by atoms with Crippen molar-refractivity contribution in [3.63, 3.8) is 0 Å². The lowest BCUT2D eigenvalue weighted by Crippen LogP contribution is -2.24. The van der Waals surface area contributed by atoms with Crippen LogP contribution < -0.4 is 10.6 Å². The number of hydrogen-bond donors (Lipinski definition) is 3. The zero-order valence-electron chi connectivity index (χ0n) is 19.9. The molecule has 0 radical (unpaired) electrons. The minimum absolute atomic E-state index is 0.0103. The molecule has 0 fully saturated rings. The third-order valence-corrected chi connectivity index (χ3v) is 7.84. The highest BCUT2D eigenvalue weighted by Crippen LogP contribution is 2.29. The third-order valence-electron chi connectivity index (χ3n) is 6.47. The van der Waals surface area contributed by atoms with Crippen molar-refractivity contribution in [2.45, 2.75) is 24.0 Å². The number of rotatable bonds is 3. The molecule has 0 unspecified atom stereocenters. The topological polar surface area (TPSA) is 96.7 Å². The van der Waals surface area contributed by atoms with Gasteiger partial charge in [-0.05, 0) is 42.0 Å². The second kappa shape index (κ2) is 9.87. The fourth-order valence-corrected chi connectivity index (χ4v) is 6.04. The van der Waals surface area contributed by atoms with Crippen molar-refractivity contribution in [1.29, 1.82) is 0 Å². The number of amides is 2. The molecular formula is C27H24N6O2S2. The molecule has 8 nitrogen and oxygen atoms in total. The first kappa shape index (κ1) is 23.5. The van der Waals surface area contributed by atoms with E-state index in [2.05, 4.69) is 32.3 Å². The molecule has 7 rings (SSSR count). The summed E-state index contributed by atoms with van der Waals surface area (Å²) in [7, 11) is 0. The fourth-order valence-electron chi connectivity index (χ4n) is 4.76. The molecule has 2 amide bonds. The number of imidazole rings is 2. The van der Waals surface area contributed by atoms with Gasteiger partial charge in [0.2, 0.25) is 0 Å². The summed E-state index contributed by atoms with van der Waals surface area (Å²) >= 11 is 6.93. The second-order valence-electron chi connectivity index (χ2n) is 8.79. The van der Waals surface area contributed by atoms with Gasteiger partial charge in [0.15, 0.2) is 9.93 Å². The Bertz CT molecular complexity index is 1700. The molecule has 0 aliphatic carbocycles. The van der Waals surface area contributed by atoms with Gasteiger partial charge in [-0.3, -0.25) is 9.59 Å². The molecule has 186 valence electrons. The van der Waals surface area contributed by atoms with Crippen molar-refractivity contribution in [3.8, 4) is 0 Å². The van der Waals surface area contributed by atoms with Crippen LogP contribution in [-0.2, 0) is 18.8 Å². The molecule has 10 heteroatoms. The van der Waals surface area contributed by atoms with Crippen LogP contribution in [-0.4, -0.2) is 44.0 Å². The highest BCUT2D eigenvalue weighted by Gasteiger charge is 2.21. The third kappa shape index (κ3) is 4.42. The summed E-state index contributed by atoms with van der Waals surface area (Å²) in [6.45, 7) is 2.74. The summed E-state index contributed by atoms with van der Waals surface area (Å²) in [4.78, 5) is 31.7. The van der Waals surface area contributed by atoms with Gasteiger partial charge in [0.05, 0.1) is 33.2 Å². The van der Waals surface area contributed by atoms with Gasteiger partial charge < -0.3 is 24.8 Å². The Morgan fingerprint density at radius 3 is 2.24 bits per heavy atom. The van der Waals surface area contributed by atoms with Crippen LogP contribution in [0.1, 0.15) is 26.3 Å². The first-order valence-electron chi connectivity index (χ1n) is 12.0. The molecule has 4 heterocycles. The fraction of sp³-hybridized carbons (Fsp3) is 0.185. The maximum absolute atomic E-state index is 12.1. The number of nitrogens with one attached hydrogen (secondary N) is 3. The van der Waals surface area contributed by atoms with Crippen molar-refractivity contribution < 1.29 is 9.59 Å². The standard InChI is InChI=1S/C17H15N3OS.C10H9N3OS/c21-16-13-7-4-8-14-15(13)20(10-9-18-16)17(19-14)22-11-12-5-2-1-3-6-12;14-9-6-2-1-3-7-8(6)13(5-4-11-9)10(15)12-7/h1-8H,9-11H2,(H,18,21);1-3H,4-5H2,(H,11,14)(H,12,15). The van der Waals surface area contributed by atoms with Crippen LogP contribution in [0, 0.1) is 4.77 Å². The number of benzene rings is 3. The Morgan fingerprint density at radius 2 is 1.49 bits per heavy atom. The summed E-state index contributed by atoms with van der Waals surface area (Å²) in [5.41, 5.74) is 6.37. The predicted molar refractivity (Wildman–Crippen MR) is 148 cm³/mol. The molecule has 0 saturated carbocycles. The van der Waals surface area contributed by atoms with Crippen LogP contribution in [0.3, 0.4) is 0 Å². The first-order chi connectivity index (χ1) is 18.1. The Kier molecular flexibility index (Phi) is 6.27. The zero-order valence-corrected chi connectivity index (χ0v) is 21.5. The van der Waals surface area contributed by atoms with Crippen LogP contribution in [0.4, 0.5) is 0 Å². The van der Waals surface area contributed by atoms with Crippen LogP contribution in [0.2, 0.25) is 0 Å². The summed E-state index contributed by atoms with van der Waals surface area (Å²) < 4.78 is 4.81. The minimum Gasteiger partial charge on any atom is -0.350 e. The van der Waals surface area contributed by atoms with Gasteiger partial charge in [0.25, 0.3) is 11.8 Å². The molecule has 0 saturated heterocycles. The van der Waals surface area contributed by atoms with Crippen molar-refractivity contribution in [2.24, 2.45) is 0 Å². The lowest BCUT2D eigenvalue weighted by atomic mass is 10.2. The average Bonchev–Trinajstić information content (AvgIpc) is 3.30. The van der Waals surface area contributed by atoms with Crippen LogP contribution in [0.25, 0.3) is 22.1 Å². The number of thioether (sulfide) groups is 1. The largest absolute Gasteiger partial charge is 0.350 e. The van der Waals surface area contributed by atoms with Crippen molar-refractivity contribution in [1.82, 2.24) is 29.7 Å². The Hall–Kier alpha value is -3.89. The van der Waals surface area contributed by atoms with Gasteiger partial charge in [0, 0.05) is 31.9 Å². The van der Waals surface area contributed by atoms with Crippen molar-refractivity contribution >= 4 is 57.9 Å². The summed E-state index contributed by atoms with van der Waals surface area (Å²) in [5.74, 6) is 0.839. The van der Waals surface area contributed by atoms with E-state index in [1.165, 1.54) is 5.56 Å². The van der Waals surface area contributed by atoms with E-state index in [-0.39, 0.29) is 11.8 Å². The van der Waals surface area contributed by atoms with E-state index in [4.69, 9.17) is 17.2 Å². The Balaban J connectivity index is 0.000000146. The Morgan fingerprint density at radius 1 is 0.811 bits per heavy atom. The van der Waals surface area contributed by atoms with E-state index in [1.54, 1.807) is 11.8 Å². The molecule has 0 bridgehead atoms. The van der Waals surface area contributed by atoms with E-state index in [9.17, 15) is 9.59 Å². The lowest BCUT2D eigenvalue weighted by molar-refractivity contribution is 0.0948. The minimum atomic E-state index is -0.0270. The van der Waals surface area contributed by atoms with E-state index in [0.717, 1.165) is 46.1 Å². The monoisotopic (exact) mass is 528 g/mol. The maximum Gasteiger partial charge on any atom is 0.253 e. The zero-order chi connectivity index (χ0) is 25.4. The number of aromatic amines is 1. The molecule has 3 aromatic carbocycles. The summed E-state index contributed by atoms with van der Waals surface area (Å²) in [5, 5.41) is 6.76. The molecule has 2 aliphatic rings. The van der Waals surface area contributed by atoms with Crippen molar-refractivity contribution in [3.05, 3.63) is 88.2 Å². The maximum atomic E-state index is 12.1. The predicted octanol–water partition coefficient (Wildman–Crippen LogP) is 4.51. The molecule has 2 aliphatic heterocycles. The quantitative estimate of drug-likeness (QED) is 0.236. The van der Waals surface area contributed by atoms with Gasteiger partial charge in [-0.15, -0.1) is 0 Å².